The highest BCUT2D eigenvalue weighted by Gasteiger charge is 2.50. The van der Waals surface area contributed by atoms with Gasteiger partial charge in [-0.2, -0.15) is 0 Å². The van der Waals surface area contributed by atoms with Gasteiger partial charge < -0.3 is 4.74 Å². The molecule has 0 N–H and O–H groups in total. The molecule has 3 heteroatoms. The van der Waals surface area contributed by atoms with Crippen molar-refractivity contribution in [1.82, 2.24) is 5.06 Å². The minimum absolute atomic E-state index is 0.0955. The van der Waals surface area contributed by atoms with E-state index in [1.54, 1.807) is 7.11 Å². The van der Waals surface area contributed by atoms with E-state index in [2.05, 4.69) is 13.8 Å². The van der Waals surface area contributed by atoms with Gasteiger partial charge in [-0.25, -0.2) is 0 Å². The molecule has 1 unspecified atom stereocenters. The summed E-state index contributed by atoms with van der Waals surface area (Å²) in [5, 5.41) is 12.8. The molecule has 77 valence electrons. The van der Waals surface area contributed by atoms with Gasteiger partial charge >= 0.3 is 0 Å². The molecule has 0 bridgehead atoms. The van der Waals surface area contributed by atoms with Crippen molar-refractivity contribution in [3.05, 3.63) is 0 Å². The molecule has 1 saturated heterocycles. The van der Waals surface area contributed by atoms with Crippen LogP contribution in [0.2, 0.25) is 0 Å². The predicted octanol–water partition coefficient (Wildman–Crippen LogP) is 1.86. The zero-order valence-corrected chi connectivity index (χ0v) is 9.26. The molecule has 1 fully saturated rings. The Labute approximate surface area is 80.6 Å². The summed E-state index contributed by atoms with van der Waals surface area (Å²) >= 11 is 0. The molecule has 13 heavy (non-hydrogen) atoms. The molecule has 1 aliphatic heterocycles. The standard InChI is InChI=1S/C10H20NO2/c1-9(2)8(13-5)6-7-11(12)10(9,3)4/h8H,6-7H2,1-5H3. The largest absolute Gasteiger partial charge is 0.381 e. The van der Waals surface area contributed by atoms with Crippen molar-refractivity contribution in [3.8, 4) is 0 Å². The predicted molar refractivity (Wildman–Crippen MR) is 50.7 cm³/mol. The average Bonchev–Trinajstić information content (AvgIpc) is 2.02. The molecular formula is C10H20NO2. The quantitative estimate of drug-likeness (QED) is 0.626. The van der Waals surface area contributed by atoms with Crippen LogP contribution in [0.1, 0.15) is 34.1 Å². The third-order valence-corrected chi connectivity index (χ3v) is 3.88. The molecular weight excluding hydrogens is 166 g/mol. The maximum atomic E-state index is 11.7. The molecule has 0 aromatic carbocycles. The minimum atomic E-state index is -0.341. The van der Waals surface area contributed by atoms with Crippen LogP contribution < -0.4 is 0 Å². The summed E-state index contributed by atoms with van der Waals surface area (Å²) < 4.78 is 5.42. The van der Waals surface area contributed by atoms with E-state index in [0.29, 0.717) is 6.54 Å². The van der Waals surface area contributed by atoms with E-state index < -0.39 is 0 Å². The Morgan fingerprint density at radius 2 is 1.85 bits per heavy atom. The Balaban J connectivity index is 2.92. The van der Waals surface area contributed by atoms with Crippen molar-refractivity contribution in [1.29, 1.82) is 0 Å². The van der Waals surface area contributed by atoms with E-state index in [0.717, 1.165) is 6.42 Å². The Hall–Kier alpha value is -0.120. The highest BCUT2D eigenvalue weighted by Crippen LogP contribution is 2.43. The number of ether oxygens (including phenoxy) is 1. The van der Waals surface area contributed by atoms with Crippen LogP contribution in [0.15, 0.2) is 0 Å². The SMILES string of the molecule is COC1CCN([O])C(C)(C)C1(C)C. The van der Waals surface area contributed by atoms with Gasteiger partial charge in [-0.05, 0) is 20.3 Å². The number of hydrogen-bond acceptors (Lipinski definition) is 2. The van der Waals surface area contributed by atoms with Gasteiger partial charge in [-0.15, -0.1) is 10.3 Å². The van der Waals surface area contributed by atoms with Crippen molar-refractivity contribution in [2.75, 3.05) is 13.7 Å². The third-order valence-electron chi connectivity index (χ3n) is 3.88. The smallest absolute Gasteiger partial charge is 0.0653 e. The summed E-state index contributed by atoms with van der Waals surface area (Å²) in [5.74, 6) is 0. The lowest BCUT2D eigenvalue weighted by Crippen LogP contribution is -2.61. The number of nitrogens with zero attached hydrogens (tertiary/aromatic N) is 1. The van der Waals surface area contributed by atoms with Gasteiger partial charge in [0, 0.05) is 19.1 Å². The maximum absolute atomic E-state index is 11.7. The van der Waals surface area contributed by atoms with Crippen LogP contribution in [-0.4, -0.2) is 30.4 Å². The summed E-state index contributed by atoms with van der Waals surface area (Å²) in [6, 6.07) is 0. The monoisotopic (exact) mass is 186 g/mol. The molecule has 0 spiro atoms. The average molecular weight is 186 g/mol. The van der Waals surface area contributed by atoms with Crippen molar-refractivity contribution in [2.24, 2.45) is 5.41 Å². The maximum Gasteiger partial charge on any atom is 0.0653 e. The normalized spacial score (nSPS) is 33.2. The molecule has 1 rings (SSSR count). The first-order chi connectivity index (χ1) is 5.84. The minimum Gasteiger partial charge on any atom is -0.381 e. The molecule has 0 saturated carbocycles. The van der Waals surface area contributed by atoms with Crippen LogP contribution in [0, 0.1) is 5.41 Å². The number of piperidine rings is 1. The van der Waals surface area contributed by atoms with E-state index in [1.165, 1.54) is 5.06 Å². The molecule has 1 heterocycles. The first-order valence-electron chi connectivity index (χ1n) is 4.81. The summed E-state index contributed by atoms with van der Waals surface area (Å²) in [6.45, 7) is 8.77. The zero-order valence-electron chi connectivity index (χ0n) is 9.26. The van der Waals surface area contributed by atoms with Crippen LogP contribution in [0.3, 0.4) is 0 Å². The Bertz CT molecular complexity index is 189. The fourth-order valence-electron chi connectivity index (χ4n) is 2.00. The van der Waals surface area contributed by atoms with Crippen molar-refractivity contribution in [2.45, 2.75) is 45.8 Å². The Kier molecular flexibility index (Phi) is 2.72. The summed E-state index contributed by atoms with van der Waals surface area (Å²) in [4.78, 5) is 0. The Morgan fingerprint density at radius 1 is 1.31 bits per heavy atom. The van der Waals surface area contributed by atoms with E-state index in [9.17, 15) is 5.21 Å². The lowest BCUT2D eigenvalue weighted by Gasteiger charge is -2.52. The second-order valence-corrected chi connectivity index (χ2v) is 4.90. The third kappa shape index (κ3) is 1.49. The van der Waals surface area contributed by atoms with Crippen LogP contribution in [0.25, 0.3) is 0 Å². The van der Waals surface area contributed by atoms with Gasteiger partial charge in [0.2, 0.25) is 0 Å². The van der Waals surface area contributed by atoms with Crippen molar-refractivity contribution in [3.63, 3.8) is 0 Å². The second-order valence-electron chi connectivity index (χ2n) is 4.90. The van der Waals surface area contributed by atoms with Gasteiger partial charge in [0.25, 0.3) is 0 Å². The molecule has 1 aliphatic rings. The van der Waals surface area contributed by atoms with Crippen LogP contribution in [-0.2, 0) is 9.94 Å². The van der Waals surface area contributed by atoms with Gasteiger partial charge in [0.1, 0.15) is 0 Å². The lowest BCUT2D eigenvalue weighted by molar-refractivity contribution is -0.285. The van der Waals surface area contributed by atoms with Crippen molar-refractivity contribution >= 4 is 0 Å². The van der Waals surface area contributed by atoms with Gasteiger partial charge in [-0.3, -0.25) is 0 Å². The summed E-state index contributed by atoms with van der Waals surface area (Å²) in [6.07, 6.45) is 1.02. The van der Waals surface area contributed by atoms with E-state index in [1.807, 2.05) is 13.8 Å². The summed E-state index contributed by atoms with van der Waals surface area (Å²) in [5.41, 5.74) is -0.437. The molecule has 0 aromatic rings. The highest BCUT2D eigenvalue weighted by molar-refractivity contribution is 5.00. The van der Waals surface area contributed by atoms with E-state index in [-0.39, 0.29) is 17.1 Å². The molecule has 1 radical (unpaired) electrons. The highest BCUT2D eigenvalue weighted by atomic mass is 16.5. The van der Waals surface area contributed by atoms with E-state index in [4.69, 9.17) is 4.74 Å². The topological polar surface area (TPSA) is 32.4 Å². The molecule has 0 aliphatic carbocycles. The summed E-state index contributed by atoms with van der Waals surface area (Å²) in [7, 11) is 1.73. The van der Waals surface area contributed by atoms with Crippen LogP contribution in [0.5, 0.6) is 0 Å². The number of rotatable bonds is 1. The van der Waals surface area contributed by atoms with Gasteiger partial charge in [0.05, 0.1) is 11.6 Å². The van der Waals surface area contributed by atoms with Crippen LogP contribution in [0.4, 0.5) is 0 Å². The molecule has 3 nitrogen and oxygen atoms in total. The fraction of sp³-hybridized carbons (Fsp3) is 1.00. The van der Waals surface area contributed by atoms with Gasteiger partial charge in [-0.1, -0.05) is 13.8 Å². The second kappa shape index (κ2) is 3.23. The number of methoxy groups -OCH3 is 1. The number of hydrogen-bond donors (Lipinski definition) is 0. The van der Waals surface area contributed by atoms with E-state index >= 15 is 0 Å². The Morgan fingerprint density at radius 3 is 2.31 bits per heavy atom. The fourth-order valence-corrected chi connectivity index (χ4v) is 2.00. The lowest BCUT2D eigenvalue weighted by atomic mass is 9.67. The molecule has 0 amide bonds. The van der Waals surface area contributed by atoms with Crippen LogP contribution >= 0.6 is 0 Å². The molecule has 0 aromatic heterocycles. The first kappa shape index (κ1) is 11.0. The van der Waals surface area contributed by atoms with Gasteiger partial charge in [0.15, 0.2) is 0 Å². The molecule has 1 atom stereocenters. The number of hydroxylamine groups is 2. The first-order valence-corrected chi connectivity index (χ1v) is 4.81. The van der Waals surface area contributed by atoms with Crippen molar-refractivity contribution < 1.29 is 9.94 Å². The zero-order chi connectivity index (χ0) is 10.3.